The Bertz CT molecular complexity index is 585. The molecule has 0 aromatic heterocycles. The predicted molar refractivity (Wildman–Crippen MR) is 94.8 cm³/mol. The second-order valence-electron chi connectivity index (χ2n) is 7.20. The fourth-order valence-corrected chi connectivity index (χ4v) is 3.71. The molecule has 3 rings (SSSR count). The summed E-state index contributed by atoms with van der Waals surface area (Å²) < 4.78 is 0. The minimum Gasteiger partial charge on any atom is -0.349 e. The molecule has 2 aliphatic carbocycles. The van der Waals surface area contributed by atoms with Crippen molar-refractivity contribution in [1.82, 2.24) is 5.32 Å². The first-order valence-electron chi connectivity index (χ1n) is 9.08. The van der Waals surface area contributed by atoms with Gasteiger partial charge in [-0.25, -0.2) is 0 Å². The maximum Gasteiger partial charge on any atom is 0.251 e. The van der Waals surface area contributed by atoms with Crippen molar-refractivity contribution in [2.24, 2.45) is 5.73 Å². The second-order valence-corrected chi connectivity index (χ2v) is 7.20. The van der Waals surface area contributed by atoms with Gasteiger partial charge in [-0.2, -0.15) is 0 Å². The SMILES string of the molecule is NC1(C(=O)Nc2ccc(C(=O)NC3CCCCC3)cc2)CCCC1. The molecule has 1 aromatic rings. The molecule has 0 bridgehead atoms. The van der Waals surface area contributed by atoms with Crippen LogP contribution in [0.4, 0.5) is 5.69 Å². The van der Waals surface area contributed by atoms with Crippen LogP contribution in [0.1, 0.15) is 68.1 Å². The van der Waals surface area contributed by atoms with E-state index < -0.39 is 5.54 Å². The molecule has 2 saturated carbocycles. The van der Waals surface area contributed by atoms with Crippen LogP contribution in [0, 0.1) is 0 Å². The first-order valence-corrected chi connectivity index (χ1v) is 9.08. The molecule has 4 N–H and O–H groups in total. The smallest absolute Gasteiger partial charge is 0.251 e. The van der Waals surface area contributed by atoms with Gasteiger partial charge in [0.15, 0.2) is 0 Å². The van der Waals surface area contributed by atoms with Crippen LogP contribution >= 0.6 is 0 Å². The molecule has 2 fully saturated rings. The highest BCUT2D eigenvalue weighted by molar-refractivity contribution is 5.99. The van der Waals surface area contributed by atoms with Gasteiger partial charge in [-0.15, -0.1) is 0 Å². The fraction of sp³-hybridized carbons (Fsp3) is 0.579. The summed E-state index contributed by atoms with van der Waals surface area (Å²) in [5.74, 6) is -0.162. The highest BCUT2D eigenvalue weighted by Crippen LogP contribution is 2.28. The Morgan fingerprint density at radius 1 is 0.958 bits per heavy atom. The van der Waals surface area contributed by atoms with E-state index in [4.69, 9.17) is 5.73 Å². The predicted octanol–water partition coefficient (Wildman–Crippen LogP) is 2.96. The lowest BCUT2D eigenvalue weighted by Gasteiger charge is -2.23. The minimum absolute atomic E-state index is 0.0362. The van der Waals surface area contributed by atoms with Crippen LogP contribution in [-0.4, -0.2) is 23.4 Å². The minimum atomic E-state index is -0.739. The Morgan fingerprint density at radius 2 is 1.58 bits per heavy atom. The number of nitrogens with one attached hydrogen (secondary N) is 2. The molecule has 0 spiro atoms. The summed E-state index contributed by atoms with van der Waals surface area (Å²) in [4.78, 5) is 24.6. The Labute approximate surface area is 143 Å². The molecule has 130 valence electrons. The lowest BCUT2D eigenvalue weighted by atomic mass is 9.95. The molecule has 0 unspecified atom stereocenters. The largest absolute Gasteiger partial charge is 0.349 e. The van der Waals surface area contributed by atoms with Gasteiger partial charge >= 0.3 is 0 Å². The van der Waals surface area contributed by atoms with Gasteiger partial charge in [-0.3, -0.25) is 9.59 Å². The summed E-state index contributed by atoms with van der Waals surface area (Å²) in [6.07, 6.45) is 9.27. The van der Waals surface area contributed by atoms with Crippen LogP contribution in [0.25, 0.3) is 0 Å². The van der Waals surface area contributed by atoms with E-state index >= 15 is 0 Å². The van der Waals surface area contributed by atoms with Crippen molar-refractivity contribution in [3.05, 3.63) is 29.8 Å². The molecule has 0 atom stereocenters. The highest BCUT2D eigenvalue weighted by atomic mass is 16.2. The van der Waals surface area contributed by atoms with E-state index in [1.807, 2.05) is 0 Å². The molecule has 1 aromatic carbocycles. The van der Waals surface area contributed by atoms with Crippen molar-refractivity contribution >= 4 is 17.5 Å². The summed E-state index contributed by atoms with van der Waals surface area (Å²) in [6, 6.07) is 7.35. The maximum absolute atomic E-state index is 12.3. The lowest BCUT2D eigenvalue weighted by Crippen LogP contribution is -2.48. The summed E-state index contributed by atoms with van der Waals surface area (Å²) >= 11 is 0. The zero-order valence-corrected chi connectivity index (χ0v) is 14.1. The monoisotopic (exact) mass is 329 g/mol. The Morgan fingerprint density at radius 3 is 2.21 bits per heavy atom. The third kappa shape index (κ3) is 3.96. The number of rotatable bonds is 4. The van der Waals surface area contributed by atoms with Gasteiger partial charge in [0.25, 0.3) is 5.91 Å². The topological polar surface area (TPSA) is 84.2 Å². The summed E-state index contributed by atoms with van der Waals surface area (Å²) in [7, 11) is 0. The number of anilines is 1. The third-order valence-electron chi connectivity index (χ3n) is 5.29. The maximum atomic E-state index is 12.3. The van der Waals surface area contributed by atoms with Gasteiger partial charge in [0, 0.05) is 17.3 Å². The molecule has 0 heterocycles. The number of benzene rings is 1. The van der Waals surface area contributed by atoms with Gasteiger partial charge < -0.3 is 16.4 Å². The van der Waals surface area contributed by atoms with Gasteiger partial charge in [-0.1, -0.05) is 32.1 Å². The normalized spacial score (nSPS) is 20.5. The van der Waals surface area contributed by atoms with E-state index in [2.05, 4.69) is 10.6 Å². The van der Waals surface area contributed by atoms with Crippen molar-refractivity contribution in [2.75, 3.05) is 5.32 Å². The van der Waals surface area contributed by atoms with Crippen LogP contribution in [0.5, 0.6) is 0 Å². The van der Waals surface area contributed by atoms with Crippen molar-refractivity contribution in [3.63, 3.8) is 0 Å². The zero-order valence-electron chi connectivity index (χ0n) is 14.1. The summed E-state index contributed by atoms with van der Waals surface area (Å²) in [6.45, 7) is 0. The number of hydrogen-bond acceptors (Lipinski definition) is 3. The Kier molecular flexibility index (Phi) is 5.19. The van der Waals surface area contributed by atoms with Crippen LogP contribution in [0.2, 0.25) is 0 Å². The van der Waals surface area contributed by atoms with Crippen LogP contribution in [0.3, 0.4) is 0 Å². The molecule has 0 aliphatic heterocycles. The van der Waals surface area contributed by atoms with Crippen molar-refractivity contribution < 1.29 is 9.59 Å². The van der Waals surface area contributed by atoms with E-state index in [1.54, 1.807) is 24.3 Å². The van der Waals surface area contributed by atoms with Gasteiger partial charge in [-0.05, 0) is 49.9 Å². The Hall–Kier alpha value is -1.88. The number of hydrogen-bond donors (Lipinski definition) is 3. The summed E-state index contributed by atoms with van der Waals surface area (Å²) in [5.41, 5.74) is 6.73. The molecular weight excluding hydrogens is 302 g/mol. The second kappa shape index (κ2) is 7.34. The third-order valence-corrected chi connectivity index (χ3v) is 5.29. The van der Waals surface area contributed by atoms with E-state index in [0.717, 1.165) is 38.5 Å². The van der Waals surface area contributed by atoms with Gasteiger partial charge in [0.05, 0.1) is 5.54 Å². The molecule has 2 amide bonds. The lowest BCUT2D eigenvalue weighted by molar-refractivity contribution is -0.121. The molecule has 0 saturated heterocycles. The van der Waals surface area contributed by atoms with Crippen LogP contribution < -0.4 is 16.4 Å². The average molecular weight is 329 g/mol. The molecule has 2 aliphatic rings. The van der Waals surface area contributed by atoms with Crippen molar-refractivity contribution in [2.45, 2.75) is 69.4 Å². The zero-order chi connectivity index (χ0) is 17.0. The fourth-order valence-electron chi connectivity index (χ4n) is 3.71. The molecular formula is C19H27N3O2. The number of amides is 2. The first kappa shape index (κ1) is 17.0. The molecule has 0 radical (unpaired) electrons. The van der Waals surface area contributed by atoms with E-state index in [9.17, 15) is 9.59 Å². The Balaban J connectivity index is 1.56. The van der Waals surface area contributed by atoms with E-state index in [-0.39, 0.29) is 11.8 Å². The van der Waals surface area contributed by atoms with Crippen LogP contribution in [-0.2, 0) is 4.79 Å². The van der Waals surface area contributed by atoms with Crippen molar-refractivity contribution in [3.8, 4) is 0 Å². The molecule has 5 heteroatoms. The number of carbonyl (C=O) groups excluding carboxylic acids is 2. The van der Waals surface area contributed by atoms with Crippen LogP contribution in [0.15, 0.2) is 24.3 Å². The highest BCUT2D eigenvalue weighted by Gasteiger charge is 2.36. The quantitative estimate of drug-likeness (QED) is 0.794. The number of nitrogens with two attached hydrogens (primary N) is 1. The van der Waals surface area contributed by atoms with E-state index in [1.165, 1.54) is 19.3 Å². The van der Waals surface area contributed by atoms with Gasteiger partial charge in [0.1, 0.15) is 0 Å². The molecule has 5 nitrogen and oxygen atoms in total. The average Bonchev–Trinajstić information content (AvgIpc) is 3.04. The number of carbonyl (C=O) groups is 2. The molecule has 24 heavy (non-hydrogen) atoms. The standard InChI is InChI=1S/C19H27N3O2/c20-19(12-4-5-13-19)18(24)22-16-10-8-14(9-11-16)17(23)21-15-6-2-1-3-7-15/h8-11,15H,1-7,12-13,20H2,(H,21,23)(H,22,24). The summed E-state index contributed by atoms with van der Waals surface area (Å²) in [5, 5.41) is 5.98. The first-order chi connectivity index (χ1) is 11.6. The van der Waals surface area contributed by atoms with Crippen molar-refractivity contribution in [1.29, 1.82) is 0 Å². The van der Waals surface area contributed by atoms with E-state index in [0.29, 0.717) is 17.3 Å². The van der Waals surface area contributed by atoms with Gasteiger partial charge in [0.2, 0.25) is 5.91 Å².